The molecule has 0 radical (unpaired) electrons. The number of carbonyl (C=O) groups is 1. The van der Waals surface area contributed by atoms with Crippen molar-refractivity contribution in [3.63, 3.8) is 0 Å². The summed E-state index contributed by atoms with van der Waals surface area (Å²) in [6.07, 6.45) is -1.47. The number of rotatable bonds is 7. The average Bonchev–Trinajstić information content (AvgIpc) is 3.49. The van der Waals surface area contributed by atoms with Gasteiger partial charge in [-0.3, -0.25) is 4.79 Å². The van der Waals surface area contributed by atoms with Crippen LogP contribution in [0.1, 0.15) is 25.3 Å². The Kier molecular flexibility index (Phi) is 6.64. The SMILES string of the molecule is C[C@@H](F)C(=O)N1CC2(CC2)[C@H](NS(=O)(=O)C(F)F)[C@@H]1Cc1cccc(-c2cc(F)cc(F)c2)c1F. The van der Waals surface area contributed by atoms with Gasteiger partial charge in [0.2, 0.25) is 0 Å². The Morgan fingerprint density at radius 1 is 1.11 bits per heavy atom. The fourth-order valence-electron chi connectivity index (χ4n) is 4.80. The summed E-state index contributed by atoms with van der Waals surface area (Å²) >= 11 is 0. The Morgan fingerprint density at radius 2 is 1.74 bits per heavy atom. The highest BCUT2D eigenvalue weighted by molar-refractivity contribution is 7.89. The van der Waals surface area contributed by atoms with Crippen LogP contribution in [-0.2, 0) is 21.2 Å². The smallest absolute Gasteiger partial charge is 0.335 e. The van der Waals surface area contributed by atoms with E-state index in [0.29, 0.717) is 18.9 Å². The molecule has 3 atom stereocenters. The number of alkyl halides is 3. The first-order chi connectivity index (χ1) is 16.3. The van der Waals surface area contributed by atoms with Gasteiger partial charge >= 0.3 is 5.76 Å². The van der Waals surface area contributed by atoms with E-state index in [4.69, 9.17) is 0 Å². The molecule has 0 bridgehead atoms. The molecule has 1 aliphatic heterocycles. The van der Waals surface area contributed by atoms with E-state index in [1.54, 1.807) is 0 Å². The third kappa shape index (κ3) is 4.90. The number of nitrogens with zero attached hydrogens (tertiary/aromatic N) is 1. The van der Waals surface area contributed by atoms with Gasteiger partial charge in [0.25, 0.3) is 15.9 Å². The average molecular weight is 520 g/mol. The van der Waals surface area contributed by atoms with Gasteiger partial charge in [0.15, 0.2) is 6.17 Å². The summed E-state index contributed by atoms with van der Waals surface area (Å²) in [5, 5.41) is 0. The molecule has 1 aliphatic carbocycles. The molecule has 1 saturated heterocycles. The Hall–Kier alpha value is -2.60. The van der Waals surface area contributed by atoms with Crippen molar-refractivity contribution in [1.29, 1.82) is 0 Å². The zero-order chi connectivity index (χ0) is 25.7. The molecule has 0 aromatic heterocycles. The van der Waals surface area contributed by atoms with Gasteiger partial charge in [-0.05, 0) is 49.4 Å². The van der Waals surface area contributed by atoms with Crippen LogP contribution in [0, 0.1) is 22.9 Å². The first-order valence-corrected chi connectivity index (χ1v) is 12.4. The number of halogens is 6. The molecule has 0 unspecified atom stereocenters. The number of likely N-dealkylation sites (tertiary alicyclic amines) is 1. The predicted octanol–water partition coefficient (Wildman–Crippen LogP) is 4.17. The first-order valence-electron chi connectivity index (χ1n) is 10.8. The van der Waals surface area contributed by atoms with Crippen LogP contribution in [0.2, 0.25) is 0 Å². The predicted molar refractivity (Wildman–Crippen MR) is 115 cm³/mol. The Bertz CT molecular complexity index is 1230. The molecule has 5 nitrogen and oxygen atoms in total. The lowest BCUT2D eigenvalue weighted by atomic mass is 9.91. The van der Waals surface area contributed by atoms with E-state index in [1.807, 2.05) is 4.72 Å². The Balaban J connectivity index is 1.74. The molecule has 2 aromatic rings. The highest BCUT2D eigenvalue weighted by atomic mass is 32.2. The summed E-state index contributed by atoms with van der Waals surface area (Å²) in [4.78, 5) is 13.7. The summed E-state index contributed by atoms with van der Waals surface area (Å²) in [7, 11) is -5.07. The normalized spacial score (nSPS) is 22.1. The highest BCUT2D eigenvalue weighted by Gasteiger charge is 2.62. The number of nitrogens with one attached hydrogen (secondary N) is 1. The van der Waals surface area contributed by atoms with Crippen LogP contribution < -0.4 is 4.72 Å². The minimum absolute atomic E-state index is 0.0552. The van der Waals surface area contributed by atoms with Crippen molar-refractivity contribution >= 4 is 15.9 Å². The van der Waals surface area contributed by atoms with Crippen LogP contribution in [0.15, 0.2) is 36.4 Å². The molecule has 2 aromatic carbocycles. The molecule has 1 N–H and O–H groups in total. The van der Waals surface area contributed by atoms with Crippen molar-refractivity contribution in [2.75, 3.05) is 6.54 Å². The molecule has 12 heteroatoms. The minimum atomic E-state index is -5.07. The zero-order valence-corrected chi connectivity index (χ0v) is 19.3. The summed E-state index contributed by atoms with van der Waals surface area (Å²) < 4.78 is 109. The molecule has 2 aliphatic rings. The molecule has 1 heterocycles. The van der Waals surface area contributed by atoms with E-state index >= 15 is 4.39 Å². The maximum absolute atomic E-state index is 15.5. The van der Waals surface area contributed by atoms with Crippen molar-refractivity contribution < 1.29 is 39.6 Å². The van der Waals surface area contributed by atoms with E-state index in [9.17, 15) is 35.2 Å². The lowest BCUT2D eigenvalue weighted by Gasteiger charge is -2.30. The van der Waals surface area contributed by atoms with Crippen LogP contribution in [0.25, 0.3) is 11.1 Å². The number of hydrogen-bond donors (Lipinski definition) is 1. The number of hydrogen-bond acceptors (Lipinski definition) is 3. The zero-order valence-electron chi connectivity index (χ0n) is 18.4. The number of benzene rings is 2. The molecule has 2 fully saturated rings. The van der Waals surface area contributed by atoms with Gasteiger partial charge in [-0.15, -0.1) is 0 Å². The van der Waals surface area contributed by atoms with E-state index < -0.39 is 62.8 Å². The lowest BCUT2D eigenvalue weighted by molar-refractivity contribution is -0.137. The van der Waals surface area contributed by atoms with Gasteiger partial charge in [0.1, 0.15) is 17.5 Å². The van der Waals surface area contributed by atoms with Crippen molar-refractivity contribution in [2.45, 2.75) is 50.2 Å². The van der Waals surface area contributed by atoms with Crippen LogP contribution in [0.4, 0.5) is 26.3 Å². The fourth-order valence-corrected chi connectivity index (χ4v) is 5.66. The maximum Gasteiger partial charge on any atom is 0.350 e. The number of sulfonamides is 1. The molecule has 35 heavy (non-hydrogen) atoms. The molecule has 1 amide bonds. The quantitative estimate of drug-likeness (QED) is 0.558. The lowest BCUT2D eigenvalue weighted by Crippen LogP contribution is -2.51. The second-order valence-corrected chi connectivity index (χ2v) is 10.7. The number of carbonyl (C=O) groups excluding carboxylic acids is 1. The molecule has 1 spiro atoms. The molecular formula is C23H22F6N2O3S. The van der Waals surface area contributed by atoms with Gasteiger partial charge in [-0.2, -0.15) is 8.78 Å². The van der Waals surface area contributed by atoms with E-state index in [2.05, 4.69) is 0 Å². The van der Waals surface area contributed by atoms with E-state index in [-0.39, 0.29) is 29.7 Å². The summed E-state index contributed by atoms with van der Waals surface area (Å²) in [5.41, 5.74) is -1.16. The second-order valence-electron chi connectivity index (χ2n) is 9.05. The summed E-state index contributed by atoms with van der Waals surface area (Å²) in [6.45, 7) is 0.924. The largest absolute Gasteiger partial charge is 0.350 e. The van der Waals surface area contributed by atoms with Crippen molar-refractivity contribution in [1.82, 2.24) is 9.62 Å². The van der Waals surface area contributed by atoms with Gasteiger partial charge in [-0.1, -0.05) is 18.2 Å². The van der Waals surface area contributed by atoms with Gasteiger partial charge in [-0.25, -0.2) is 30.7 Å². The van der Waals surface area contributed by atoms with Gasteiger partial charge in [0, 0.05) is 29.6 Å². The topological polar surface area (TPSA) is 66.5 Å². The molecule has 1 saturated carbocycles. The van der Waals surface area contributed by atoms with Crippen molar-refractivity contribution in [2.24, 2.45) is 5.41 Å². The van der Waals surface area contributed by atoms with Gasteiger partial charge in [0.05, 0.1) is 6.04 Å². The van der Waals surface area contributed by atoms with Crippen molar-refractivity contribution in [3.05, 3.63) is 59.4 Å². The Morgan fingerprint density at radius 3 is 2.29 bits per heavy atom. The van der Waals surface area contributed by atoms with Crippen molar-refractivity contribution in [3.8, 4) is 11.1 Å². The molecule has 4 rings (SSSR count). The monoisotopic (exact) mass is 520 g/mol. The summed E-state index contributed by atoms with van der Waals surface area (Å²) in [5.74, 6) is -7.43. The standard InChI is InChI=1S/C23H22F6N2O3S/c1-12(24)21(32)31-11-23(5-6-23)20(30-35(33,34)22(28)29)18(31)9-13-3-2-4-17(19(13)27)14-7-15(25)10-16(26)8-14/h2-4,7-8,10,12,18,20,22,30H,5-6,9,11H2,1H3/t12-,18+,20-/m1/s1. The van der Waals surface area contributed by atoms with Crippen LogP contribution in [0.3, 0.4) is 0 Å². The van der Waals surface area contributed by atoms with Crippen LogP contribution in [0.5, 0.6) is 0 Å². The highest BCUT2D eigenvalue weighted by Crippen LogP contribution is 2.56. The van der Waals surface area contributed by atoms with E-state index in [0.717, 1.165) is 24.0 Å². The minimum Gasteiger partial charge on any atom is -0.335 e. The molecular weight excluding hydrogens is 498 g/mol. The van der Waals surface area contributed by atoms with E-state index in [1.165, 1.54) is 18.2 Å². The number of amides is 1. The first kappa shape index (κ1) is 25.5. The fraction of sp³-hybridized carbons (Fsp3) is 0.435. The van der Waals surface area contributed by atoms with Crippen LogP contribution in [-0.4, -0.2) is 49.8 Å². The second kappa shape index (κ2) is 9.12. The van der Waals surface area contributed by atoms with Gasteiger partial charge < -0.3 is 4.90 Å². The molecule has 190 valence electrons. The summed E-state index contributed by atoms with van der Waals surface area (Å²) in [6, 6.07) is 4.14. The third-order valence-electron chi connectivity index (χ3n) is 6.65. The van der Waals surface area contributed by atoms with Crippen LogP contribution >= 0.6 is 0 Å². The maximum atomic E-state index is 15.5. The third-order valence-corrected chi connectivity index (χ3v) is 7.70. The Labute approximate surface area is 198 Å².